The lowest BCUT2D eigenvalue weighted by molar-refractivity contribution is -0.130. The van der Waals surface area contributed by atoms with Gasteiger partial charge in [0, 0.05) is 7.05 Å². The number of aromatic amines is 1. The summed E-state index contributed by atoms with van der Waals surface area (Å²) in [5.41, 5.74) is 0.898. The smallest absolute Gasteiger partial charge is 0.258 e. The Labute approximate surface area is 166 Å². The number of likely N-dealkylation sites (N-methyl/N-ethyl adjacent to an activating group) is 1. The zero-order valence-corrected chi connectivity index (χ0v) is 15.9. The SMILES string of the molecule is CN(Cc1nc2ccccc2c(=O)[nH]1)C(=O)CN1C(=O)CCOc2ccccc21. The monoisotopic (exact) mass is 392 g/mol. The number of H-pyrrole nitrogens is 1. The number of carbonyl (C=O) groups excluding carboxylic acids is 2. The number of nitrogens with one attached hydrogen (secondary N) is 1. The fourth-order valence-corrected chi connectivity index (χ4v) is 3.27. The van der Waals surface area contributed by atoms with Gasteiger partial charge in [0.15, 0.2) is 0 Å². The van der Waals surface area contributed by atoms with Gasteiger partial charge in [-0.2, -0.15) is 0 Å². The van der Waals surface area contributed by atoms with E-state index in [1.165, 1.54) is 9.80 Å². The molecule has 4 rings (SSSR count). The van der Waals surface area contributed by atoms with E-state index in [2.05, 4.69) is 9.97 Å². The van der Waals surface area contributed by atoms with Crippen LogP contribution in [0.5, 0.6) is 5.75 Å². The Morgan fingerprint density at radius 1 is 1.17 bits per heavy atom. The van der Waals surface area contributed by atoms with Crippen molar-refractivity contribution >= 4 is 28.4 Å². The molecule has 0 spiro atoms. The van der Waals surface area contributed by atoms with E-state index in [1.54, 1.807) is 49.5 Å². The van der Waals surface area contributed by atoms with Crippen molar-refractivity contribution < 1.29 is 14.3 Å². The van der Waals surface area contributed by atoms with Gasteiger partial charge in [0.1, 0.15) is 18.1 Å². The zero-order chi connectivity index (χ0) is 20.4. The summed E-state index contributed by atoms with van der Waals surface area (Å²) in [6.45, 7) is 0.283. The van der Waals surface area contributed by atoms with E-state index in [0.717, 1.165) is 0 Å². The first-order valence-electron chi connectivity index (χ1n) is 9.27. The van der Waals surface area contributed by atoms with Crippen LogP contribution in [-0.4, -0.2) is 46.9 Å². The largest absolute Gasteiger partial charge is 0.491 e. The molecule has 1 aromatic heterocycles. The molecule has 29 heavy (non-hydrogen) atoms. The molecule has 0 atom stereocenters. The van der Waals surface area contributed by atoms with E-state index in [0.29, 0.717) is 28.2 Å². The van der Waals surface area contributed by atoms with Crippen molar-refractivity contribution in [2.75, 3.05) is 25.1 Å². The molecule has 0 saturated carbocycles. The summed E-state index contributed by atoms with van der Waals surface area (Å²) in [5.74, 6) is 0.518. The Hall–Kier alpha value is -3.68. The van der Waals surface area contributed by atoms with E-state index in [-0.39, 0.29) is 43.5 Å². The van der Waals surface area contributed by atoms with E-state index in [1.807, 2.05) is 6.07 Å². The molecule has 8 nitrogen and oxygen atoms in total. The highest BCUT2D eigenvalue weighted by Crippen LogP contribution is 2.30. The second-order valence-electron chi connectivity index (χ2n) is 6.83. The van der Waals surface area contributed by atoms with Crippen LogP contribution in [0, 0.1) is 0 Å². The first-order chi connectivity index (χ1) is 14.0. The average Bonchev–Trinajstić information content (AvgIpc) is 2.87. The topological polar surface area (TPSA) is 95.6 Å². The summed E-state index contributed by atoms with van der Waals surface area (Å²) in [4.78, 5) is 47.5. The minimum Gasteiger partial charge on any atom is -0.491 e. The van der Waals surface area contributed by atoms with Crippen LogP contribution in [-0.2, 0) is 16.1 Å². The first-order valence-corrected chi connectivity index (χ1v) is 9.27. The summed E-state index contributed by atoms with van der Waals surface area (Å²) in [7, 11) is 1.61. The van der Waals surface area contributed by atoms with Crippen molar-refractivity contribution in [2.45, 2.75) is 13.0 Å². The Morgan fingerprint density at radius 3 is 2.79 bits per heavy atom. The quantitative estimate of drug-likeness (QED) is 0.729. The number of hydrogen-bond acceptors (Lipinski definition) is 5. The number of nitrogens with zero attached hydrogens (tertiary/aromatic N) is 3. The highest BCUT2D eigenvalue weighted by Gasteiger charge is 2.26. The second-order valence-corrected chi connectivity index (χ2v) is 6.83. The van der Waals surface area contributed by atoms with Gasteiger partial charge in [-0.3, -0.25) is 19.3 Å². The number of hydrogen-bond donors (Lipinski definition) is 1. The molecule has 0 fully saturated rings. The Morgan fingerprint density at radius 2 is 1.93 bits per heavy atom. The molecular formula is C21H20N4O4. The van der Waals surface area contributed by atoms with Gasteiger partial charge in [-0.25, -0.2) is 4.98 Å². The van der Waals surface area contributed by atoms with E-state index >= 15 is 0 Å². The summed E-state index contributed by atoms with van der Waals surface area (Å²) in [5, 5.41) is 0.497. The molecule has 0 unspecified atom stereocenters. The molecule has 8 heteroatoms. The number of fused-ring (bicyclic) bond motifs is 2. The van der Waals surface area contributed by atoms with Crippen LogP contribution in [0.2, 0.25) is 0 Å². The van der Waals surface area contributed by atoms with Crippen LogP contribution in [0.3, 0.4) is 0 Å². The van der Waals surface area contributed by atoms with Crippen LogP contribution >= 0.6 is 0 Å². The van der Waals surface area contributed by atoms with Crippen molar-refractivity contribution in [3.8, 4) is 5.75 Å². The van der Waals surface area contributed by atoms with Gasteiger partial charge in [0.25, 0.3) is 5.56 Å². The molecule has 1 N–H and O–H groups in total. The highest BCUT2D eigenvalue weighted by molar-refractivity contribution is 6.00. The molecule has 2 aromatic carbocycles. The van der Waals surface area contributed by atoms with Crippen LogP contribution < -0.4 is 15.2 Å². The standard InChI is InChI=1S/C21H20N4O4/c1-24(12-18-22-15-7-3-2-6-14(15)21(28)23-18)20(27)13-25-16-8-4-5-9-17(16)29-11-10-19(25)26/h2-9H,10-13H2,1H3,(H,22,23,28). The van der Waals surface area contributed by atoms with Crippen LogP contribution in [0.4, 0.5) is 5.69 Å². The predicted molar refractivity (Wildman–Crippen MR) is 108 cm³/mol. The Kier molecular flexibility index (Phi) is 4.99. The van der Waals surface area contributed by atoms with Crippen molar-refractivity contribution in [1.29, 1.82) is 0 Å². The maximum Gasteiger partial charge on any atom is 0.258 e. The third-order valence-electron chi connectivity index (χ3n) is 4.80. The van der Waals surface area contributed by atoms with E-state index in [9.17, 15) is 14.4 Å². The lowest BCUT2D eigenvalue weighted by Gasteiger charge is -2.24. The average molecular weight is 392 g/mol. The van der Waals surface area contributed by atoms with Gasteiger partial charge in [0.05, 0.1) is 36.2 Å². The molecule has 0 radical (unpaired) electrons. The fourth-order valence-electron chi connectivity index (χ4n) is 3.27. The minimum atomic E-state index is -0.272. The minimum absolute atomic E-state index is 0.118. The normalized spacial score (nSPS) is 13.6. The summed E-state index contributed by atoms with van der Waals surface area (Å²) in [6.07, 6.45) is 0.200. The lowest BCUT2D eigenvalue weighted by atomic mass is 10.2. The molecule has 148 valence electrons. The first kappa shape index (κ1) is 18.7. The predicted octanol–water partition coefficient (Wildman–Crippen LogP) is 1.70. The van der Waals surface area contributed by atoms with Gasteiger partial charge in [0.2, 0.25) is 11.8 Å². The number of carbonyl (C=O) groups is 2. The van der Waals surface area contributed by atoms with Crippen molar-refractivity contribution in [3.63, 3.8) is 0 Å². The molecule has 0 bridgehead atoms. The molecular weight excluding hydrogens is 372 g/mol. The molecule has 2 amide bonds. The number of anilines is 1. The van der Waals surface area contributed by atoms with Crippen LogP contribution in [0.15, 0.2) is 53.3 Å². The van der Waals surface area contributed by atoms with Crippen molar-refractivity contribution in [2.24, 2.45) is 0 Å². The summed E-state index contributed by atoms with van der Waals surface area (Å²) < 4.78 is 5.60. The molecule has 0 aliphatic carbocycles. The molecule has 0 saturated heterocycles. The third kappa shape index (κ3) is 3.82. The van der Waals surface area contributed by atoms with Gasteiger partial charge in [-0.05, 0) is 24.3 Å². The lowest BCUT2D eigenvalue weighted by Crippen LogP contribution is -2.41. The number of rotatable bonds is 4. The maximum absolute atomic E-state index is 12.8. The molecule has 1 aliphatic rings. The van der Waals surface area contributed by atoms with E-state index in [4.69, 9.17) is 4.74 Å². The number of para-hydroxylation sites is 3. The van der Waals surface area contributed by atoms with Gasteiger partial charge in [-0.15, -0.1) is 0 Å². The number of benzene rings is 2. The zero-order valence-electron chi connectivity index (χ0n) is 15.9. The summed E-state index contributed by atoms with van der Waals surface area (Å²) in [6, 6.07) is 14.2. The Balaban J connectivity index is 1.53. The third-order valence-corrected chi connectivity index (χ3v) is 4.80. The molecule has 2 heterocycles. The Bertz CT molecular complexity index is 1140. The number of aromatic nitrogens is 2. The fraction of sp³-hybridized carbons (Fsp3) is 0.238. The second kappa shape index (κ2) is 7.75. The van der Waals surface area contributed by atoms with Crippen molar-refractivity contribution in [1.82, 2.24) is 14.9 Å². The molecule has 1 aliphatic heterocycles. The van der Waals surface area contributed by atoms with Crippen LogP contribution in [0.25, 0.3) is 10.9 Å². The summed E-state index contributed by atoms with van der Waals surface area (Å²) >= 11 is 0. The van der Waals surface area contributed by atoms with Crippen molar-refractivity contribution in [3.05, 3.63) is 64.7 Å². The van der Waals surface area contributed by atoms with Gasteiger partial charge in [-0.1, -0.05) is 24.3 Å². The maximum atomic E-state index is 12.8. The van der Waals surface area contributed by atoms with Gasteiger partial charge < -0.3 is 14.6 Å². The van der Waals surface area contributed by atoms with E-state index < -0.39 is 0 Å². The highest BCUT2D eigenvalue weighted by atomic mass is 16.5. The number of ether oxygens (including phenoxy) is 1. The molecule has 3 aromatic rings. The number of amides is 2. The van der Waals surface area contributed by atoms with Gasteiger partial charge >= 0.3 is 0 Å². The van der Waals surface area contributed by atoms with Crippen LogP contribution in [0.1, 0.15) is 12.2 Å².